The first kappa shape index (κ1) is 22.6. The van der Waals surface area contributed by atoms with Gasteiger partial charge in [-0.25, -0.2) is 9.97 Å². The molecular formula is C32H24N4O2. The number of hydrogen-bond donors (Lipinski definition) is 0. The molecule has 3 heterocycles. The largest absolute Gasteiger partial charge is 0.454 e. The third kappa shape index (κ3) is 3.18. The number of carbonyl (C=O) groups excluding carboxylic acids is 1. The van der Waals surface area contributed by atoms with Gasteiger partial charge in [-0.05, 0) is 43.0 Å². The summed E-state index contributed by atoms with van der Waals surface area (Å²) in [5, 5.41) is 11.8. The Labute approximate surface area is 219 Å². The minimum absolute atomic E-state index is 0.0417. The number of allylic oxidation sites excluding steroid dienone is 2. The number of fused-ring (bicyclic) bond motifs is 5. The van der Waals surface area contributed by atoms with Gasteiger partial charge in [-0.2, -0.15) is 5.26 Å². The molecule has 38 heavy (non-hydrogen) atoms. The summed E-state index contributed by atoms with van der Waals surface area (Å²) in [6.07, 6.45) is 5.16. The van der Waals surface area contributed by atoms with Gasteiger partial charge in [-0.15, -0.1) is 0 Å². The summed E-state index contributed by atoms with van der Waals surface area (Å²) in [5.74, 6) is 0.972. The van der Waals surface area contributed by atoms with Crippen molar-refractivity contribution in [3.63, 3.8) is 0 Å². The summed E-state index contributed by atoms with van der Waals surface area (Å²) >= 11 is 0. The lowest BCUT2D eigenvalue weighted by atomic mass is 9.57. The number of aromatic nitrogens is 3. The standard InChI is InChI=1S/C32H24N4O2/c1-18-24-12-11-23-28(27-15-19-7-3-6-10-26(19)38-27)35-31(22-13-14-34-25-9-5-4-8-21(22)25)36-30(23)32(24,2)16-20(17-33)29(18)37/h3-10,13-16,18,24H,11-12H2,1-2H3/t18-,24-,32-/m1/s1. The van der Waals surface area contributed by atoms with Crippen molar-refractivity contribution in [1.82, 2.24) is 15.0 Å². The van der Waals surface area contributed by atoms with E-state index in [9.17, 15) is 10.1 Å². The van der Waals surface area contributed by atoms with Crippen molar-refractivity contribution in [1.29, 1.82) is 5.26 Å². The van der Waals surface area contributed by atoms with Crippen LogP contribution >= 0.6 is 0 Å². The van der Waals surface area contributed by atoms with Gasteiger partial charge >= 0.3 is 0 Å². The Morgan fingerprint density at radius 3 is 2.74 bits per heavy atom. The second-order valence-electron chi connectivity index (χ2n) is 10.5. The molecule has 0 saturated heterocycles. The molecule has 0 unspecified atom stereocenters. The van der Waals surface area contributed by atoms with E-state index in [4.69, 9.17) is 14.4 Å². The van der Waals surface area contributed by atoms with Crippen LogP contribution in [0.2, 0.25) is 0 Å². The Hall–Kier alpha value is -4.63. The van der Waals surface area contributed by atoms with E-state index < -0.39 is 5.41 Å². The topological polar surface area (TPSA) is 92.7 Å². The fraction of sp³-hybridized carbons (Fsp3) is 0.219. The molecule has 3 atom stereocenters. The number of ketones is 1. The summed E-state index contributed by atoms with van der Waals surface area (Å²) < 4.78 is 6.32. The second kappa shape index (κ2) is 8.19. The average Bonchev–Trinajstić information content (AvgIpc) is 3.38. The van der Waals surface area contributed by atoms with Crippen LogP contribution in [-0.2, 0) is 16.6 Å². The summed E-state index contributed by atoms with van der Waals surface area (Å²) in [5.41, 5.74) is 4.81. The zero-order valence-electron chi connectivity index (χ0n) is 21.1. The van der Waals surface area contributed by atoms with E-state index in [-0.39, 0.29) is 23.2 Å². The quantitative estimate of drug-likeness (QED) is 0.274. The van der Waals surface area contributed by atoms with Gasteiger partial charge in [-0.3, -0.25) is 9.78 Å². The van der Waals surface area contributed by atoms with Crippen LogP contribution in [0, 0.1) is 23.2 Å². The van der Waals surface area contributed by atoms with E-state index in [1.807, 2.05) is 73.7 Å². The second-order valence-corrected chi connectivity index (χ2v) is 10.5. The molecule has 2 aliphatic carbocycles. The van der Waals surface area contributed by atoms with Gasteiger partial charge < -0.3 is 4.42 Å². The molecule has 7 rings (SSSR count). The van der Waals surface area contributed by atoms with Crippen molar-refractivity contribution >= 4 is 27.7 Å². The number of benzene rings is 2. The van der Waals surface area contributed by atoms with Crippen LogP contribution in [-0.4, -0.2) is 20.7 Å². The highest BCUT2D eigenvalue weighted by Gasteiger charge is 2.50. The number of furan rings is 1. The highest BCUT2D eigenvalue weighted by atomic mass is 16.3. The predicted molar refractivity (Wildman–Crippen MR) is 145 cm³/mol. The van der Waals surface area contributed by atoms with E-state index >= 15 is 0 Å². The van der Waals surface area contributed by atoms with E-state index in [1.165, 1.54) is 0 Å². The SMILES string of the molecule is C[C@H]1C(=O)C(C#N)=C[C@@]2(C)c3nc(-c4ccnc5ccccc45)nc(-c4cc5ccccc5o4)c3CC[C@H]12. The van der Waals surface area contributed by atoms with Gasteiger partial charge in [0.15, 0.2) is 17.4 Å². The Morgan fingerprint density at radius 2 is 1.89 bits per heavy atom. The number of carbonyl (C=O) groups is 1. The maximum absolute atomic E-state index is 12.9. The first-order valence-corrected chi connectivity index (χ1v) is 12.9. The average molecular weight is 497 g/mol. The molecule has 0 saturated carbocycles. The number of Topliss-reactive ketones (excluding diaryl/α,β-unsaturated/α-hetero) is 1. The molecule has 6 nitrogen and oxygen atoms in total. The van der Waals surface area contributed by atoms with Crippen LogP contribution in [0.3, 0.4) is 0 Å². The summed E-state index contributed by atoms with van der Waals surface area (Å²) in [4.78, 5) is 27.8. The van der Waals surface area contributed by atoms with E-state index in [2.05, 4.69) is 18.0 Å². The summed E-state index contributed by atoms with van der Waals surface area (Å²) in [7, 11) is 0. The highest BCUT2D eigenvalue weighted by Crippen LogP contribution is 2.51. The predicted octanol–water partition coefficient (Wildman–Crippen LogP) is 6.59. The monoisotopic (exact) mass is 496 g/mol. The smallest absolute Gasteiger partial charge is 0.176 e. The van der Waals surface area contributed by atoms with Crippen molar-refractivity contribution in [2.24, 2.45) is 11.8 Å². The minimum Gasteiger partial charge on any atom is -0.454 e. The number of hydrogen-bond acceptors (Lipinski definition) is 6. The molecule has 2 aromatic carbocycles. The van der Waals surface area contributed by atoms with E-state index in [1.54, 1.807) is 6.20 Å². The first-order valence-electron chi connectivity index (χ1n) is 12.9. The number of para-hydroxylation sites is 2. The third-order valence-electron chi connectivity index (χ3n) is 8.39. The van der Waals surface area contributed by atoms with Crippen LogP contribution in [0.4, 0.5) is 0 Å². The number of rotatable bonds is 2. The Bertz CT molecular complexity index is 1820. The van der Waals surface area contributed by atoms with E-state index in [0.717, 1.165) is 57.2 Å². The van der Waals surface area contributed by atoms with Crippen LogP contribution in [0.15, 0.2) is 82.9 Å². The molecule has 184 valence electrons. The lowest BCUT2D eigenvalue weighted by molar-refractivity contribution is -0.121. The van der Waals surface area contributed by atoms with Crippen LogP contribution in [0.1, 0.15) is 31.5 Å². The summed E-state index contributed by atoms with van der Waals surface area (Å²) in [6, 6.07) is 22.0. The maximum atomic E-state index is 12.9. The zero-order valence-corrected chi connectivity index (χ0v) is 21.1. The minimum atomic E-state index is -0.590. The molecule has 6 heteroatoms. The molecular weight excluding hydrogens is 472 g/mol. The van der Waals surface area contributed by atoms with Crippen molar-refractivity contribution in [2.45, 2.75) is 32.1 Å². The Kier molecular flexibility index (Phi) is 4.86. The highest BCUT2D eigenvalue weighted by molar-refractivity contribution is 6.02. The lowest BCUT2D eigenvalue weighted by Gasteiger charge is -2.45. The number of pyridine rings is 1. The molecule has 0 N–H and O–H groups in total. The third-order valence-corrected chi connectivity index (χ3v) is 8.39. The van der Waals surface area contributed by atoms with Gasteiger partial charge in [0.2, 0.25) is 0 Å². The van der Waals surface area contributed by atoms with Crippen molar-refractivity contribution in [2.75, 3.05) is 0 Å². The zero-order chi connectivity index (χ0) is 26.0. The van der Waals surface area contributed by atoms with Crippen LogP contribution < -0.4 is 0 Å². The molecule has 3 aromatic heterocycles. The first-order chi connectivity index (χ1) is 18.5. The molecule has 0 amide bonds. The molecule has 0 fully saturated rings. The number of nitrogens with zero attached hydrogens (tertiary/aromatic N) is 4. The van der Waals surface area contributed by atoms with Gasteiger partial charge in [0.25, 0.3) is 0 Å². The van der Waals surface area contributed by atoms with Crippen molar-refractivity contribution < 1.29 is 9.21 Å². The Balaban J connectivity index is 1.55. The normalized spacial score (nSPS) is 22.6. The maximum Gasteiger partial charge on any atom is 0.176 e. The van der Waals surface area contributed by atoms with Gasteiger partial charge in [-0.1, -0.05) is 56.3 Å². The fourth-order valence-electron chi connectivity index (χ4n) is 6.49. The molecule has 0 spiro atoms. The molecule has 2 aliphatic rings. The van der Waals surface area contributed by atoms with Gasteiger partial charge in [0.05, 0.1) is 16.8 Å². The fourth-order valence-corrected chi connectivity index (χ4v) is 6.49. The molecule has 5 aromatic rings. The molecule has 0 bridgehead atoms. The van der Waals surface area contributed by atoms with Gasteiger partial charge in [0, 0.05) is 39.4 Å². The molecule has 0 aliphatic heterocycles. The molecule has 0 radical (unpaired) electrons. The lowest BCUT2D eigenvalue weighted by Crippen LogP contribution is -2.46. The van der Waals surface area contributed by atoms with Crippen LogP contribution in [0.5, 0.6) is 0 Å². The summed E-state index contributed by atoms with van der Waals surface area (Å²) in [6.45, 7) is 4.05. The van der Waals surface area contributed by atoms with Crippen LogP contribution in [0.25, 0.3) is 44.7 Å². The van der Waals surface area contributed by atoms with Crippen molar-refractivity contribution in [3.8, 4) is 28.9 Å². The van der Waals surface area contributed by atoms with E-state index in [0.29, 0.717) is 11.6 Å². The van der Waals surface area contributed by atoms with Gasteiger partial charge in [0.1, 0.15) is 17.3 Å². The van der Waals surface area contributed by atoms with Crippen molar-refractivity contribution in [3.05, 3.63) is 89.8 Å². The Morgan fingerprint density at radius 1 is 1.08 bits per heavy atom. The number of nitriles is 1.